The Balaban J connectivity index is 2.94. The van der Waals surface area contributed by atoms with Crippen molar-refractivity contribution in [3.8, 4) is 0 Å². The Morgan fingerprint density at radius 2 is 1.83 bits per heavy atom. The number of nitrogens with zero attached hydrogens (tertiary/aromatic N) is 2. The second-order valence-electron chi connectivity index (χ2n) is 3.90. The summed E-state index contributed by atoms with van der Waals surface area (Å²) in [5.74, 6) is -2.52. The Bertz CT molecular complexity index is 665. The van der Waals surface area contributed by atoms with Crippen LogP contribution >= 0.6 is 0 Å². The topological polar surface area (TPSA) is 143 Å². The van der Waals surface area contributed by atoms with Gasteiger partial charge in [-0.2, -0.15) is 0 Å². The first kappa shape index (κ1) is 17.6. The fourth-order valence-corrected chi connectivity index (χ4v) is 1.29. The van der Waals surface area contributed by atoms with Crippen LogP contribution in [0.1, 0.15) is 5.56 Å². The predicted octanol–water partition coefficient (Wildman–Crippen LogP) is 0.462. The number of carbonyl (C=O) groups is 2. The number of nitro groups is 1. The van der Waals surface area contributed by atoms with Crippen LogP contribution in [0.2, 0.25) is 0 Å². The standard InChI is InChI=1S/C13H13N3O7/c1-21-11(17)7-10(13(18)22-2)23-15-12(14)8-3-5-9(6-4-8)16(19)20/h3-7H,1-2H3,(H2,14,15)/b10-7+. The van der Waals surface area contributed by atoms with Gasteiger partial charge in [0.15, 0.2) is 5.84 Å². The first-order valence-corrected chi connectivity index (χ1v) is 6.02. The van der Waals surface area contributed by atoms with Gasteiger partial charge >= 0.3 is 11.9 Å². The highest BCUT2D eigenvalue weighted by Crippen LogP contribution is 2.12. The number of hydrogen-bond donors (Lipinski definition) is 1. The summed E-state index contributed by atoms with van der Waals surface area (Å²) in [4.78, 5) is 37.3. The van der Waals surface area contributed by atoms with E-state index in [9.17, 15) is 19.7 Å². The lowest BCUT2D eigenvalue weighted by Crippen LogP contribution is -2.16. The molecule has 23 heavy (non-hydrogen) atoms. The zero-order chi connectivity index (χ0) is 17.4. The lowest BCUT2D eigenvalue weighted by Gasteiger charge is -2.04. The molecule has 0 atom stereocenters. The molecular weight excluding hydrogens is 310 g/mol. The van der Waals surface area contributed by atoms with Crippen LogP contribution in [0, 0.1) is 10.1 Å². The molecule has 1 aromatic rings. The van der Waals surface area contributed by atoms with E-state index in [0.29, 0.717) is 5.56 Å². The van der Waals surface area contributed by atoms with Crippen LogP contribution in [0.25, 0.3) is 0 Å². The van der Waals surface area contributed by atoms with Gasteiger partial charge in [0.1, 0.15) is 0 Å². The third-order valence-electron chi connectivity index (χ3n) is 2.45. The van der Waals surface area contributed by atoms with E-state index in [-0.39, 0.29) is 11.5 Å². The number of ether oxygens (including phenoxy) is 2. The number of benzene rings is 1. The molecule has 0 radical (unpaired) electrons. The molecule has 122 valence electrons. The molecular formula is C13H13N3O7. The van der Waals surface area contributed by atoms with Crippen molar-refractivity contribution in [2.75, 3.05) is 14.2 Å². The molecule has 10 nitrogen and oxygen atoms in total. The molecule has 10 heteroatoms. The molecule has 0 bridgehead atoms. The van der Waals surface area contributed by atoms with Crippen LogP contribution in [-0.4, -0.2) is 36.9 Å². The lowest BCUT2D eigenvalue weighted by atomic mass is 10.2. The van der Waals surface area contributed by atoms with Gasteiger partial charge in [0, 0.05) is 17.7 Å². The average molecular weight is 323 g/mol. The van der Waals surface area contributed by atoms with Gasteiger partial charge < -0.3 is 20.0 Å². The van der Waals surface area contributed by atoms with Crippen molar-refractivity contribution in [1.29, 1.82) is 0 Å². The SMILES string of the molecule is COC(=O)/C=C(/O/N=C(\N)c1ccc([N+](=O)[O-])cc1)C(=O)OC. The molecule has 0 spiro atoms. The predicted molar refractivity (Wildman–Crippen MR) is 77.0 cm³/mol. The third kappa shape index (κ3) is 5.12. The van der Waals surface area contributed by atoms with E-state index < -0.39 is 22.6 Å². The summed E-state index contributed by atoms with van der Waals surface area (Å²) in [6.07, 6.45) is 0.735. The van der Waals surface area contributed by atoms with Gasteiger partial charge in [-0.25, -0.2) is 9.59 Å². The zero-order valence-corrected chi connectivity index (χ0v) is 12.2. The maximum absolute atomic E-state index is 11.4. The number of carbonyl (C=O) groups excluding carboxylic acids is 2. The Morgan fingerprint density at radius 1 is 1.22 bits per heavy atom. The summed E-state index contributed by atoms with van der Waals surface area (Å²) >= 11 is 0. The fraction of sp³-hybridized carbons (Fsp3) is 0.154. The molecule has 0 amide bonds. The summed E-state index contributed by atoms with van der Waals surface area (Å²) in [6.45, 7) is 0. The molecule has 0 aliphatic carbocycles. The number of nitro benzene ring substituents is 1. The Morgan fingerprint density at radius 3 is 2.30 bits per heavy atom. The molecule has 0 unspecified atom stereocenters. The van der Waals surface area contributed by atoms with E-state index in [1.165, 1.54) is 24.3 Å². The maximum atomic E-state index is 11.4. The number of esters is 2. The van der Waals surface area contributed by atoms with Gasteiger partial charge in [-0.15, -0.1) is 0 Å². The van der Waals surface area contributed by atoms with Gasteiger partial charge in [0.05, 0.1) is 25.2 Å². The highest BCUT2D eigenvalue weighted by molar-refractivity contribution is 5.98. The fourth-order valence-electron chi connectivity index (χ4n) is 1.29. The Labute approximate surface area is 130 Å². The van der Waals surface area contributed by atoms with Crippen molar-refractivity contribution in [1.82, 2.24) is 0 Å². The number of amidine groups is 1. The van der Waals surface area contributed by atoms with Crippen LogP contribution in [0.5, 0.6) is 0 Å². The van der Waals surface area contributed by atoms with Crippen molar-refractivity contribution in [3.05, 3.63) is 51.8 Å². The van der Waals surface area contributed by atoms with Gasteiger partial charge in [0.2, 0.25) is 5.76 Å². The number of nitrogens with two attached hydrogens (primary N) is 1. The number of methoxy groups -OCH3 is 2. The zero-order valence-electron chi connectivity index (χ0n) is 12.2. The largest absolute Gasteiger partial charge is 0.466 e. The molecule has 1 rings (SSSR count). The number of rotatable bonds is 6. The molecule has 0 saturated heterocycles. The second-order valence-corrected chi connectivity index (χ2v) is 3.90. The number of oxime groups is 1. The molecule has 0 aliphatic rings. The molecule has 0 saturated carbocycles. The average Bonchev–Trinajstić information content (AvgIpc) is 2.57. The summed E-state index contributed by atoms with van der Waals surface area (Å²) in [7, 11) is 2.20. The number of hydrogen-bond acceptors (Lipinski definition) is 8. The molecule has 2 N–H and O–H groups in total. The van der Waals surface area contributed by atoms with Crippen molar-refractivity contribution < 1.29 is 28.8 Å². The van der Waals surface area contributed by atoms with Crippen molar-refractivity contribution in [2.24, 2.45) is 10.9 Å². The van der Waals surface area contributed by atoms with E-state index in [1.54, 1.807) is 0 Å². The summed E-state index contributed by atoms with van der Waals surface area (Å²) < 4.78 is 8.77. The summed E-state index contributed by atoms with van der Waals surface area (Å²) in [6, 6.07) is 5.15. The van der Waals surface area contributed by atoms with Crippen LogP contribution in [0.15, 0.2) is 41.3 Å². The monoisotopic (exact) mass is 323 g/mol. The van der Waals surface area contributed by atoms with Gasteiger partial charge in [-0.05, 0) is 12.1 Å². The quantitative estimate of drug-likeness (QED) is 0.151. The van der Waals surface area contributed by atoms with E-state index >= 15 is 0 Å². The molecule has 0 fully saturated rings. The minimum absolute atomic E-state index is 0.122. The van der Waals surface area contributed by atoms with Crippen LogP contribution in [0.3, 0.4) is 0 Å². The highest BCUT2D eigenvalue weighted by atomic mass is 16.7. The smallest absolute Gasteiger partial charge is 0.377 e. The third-order valence-corrected chi connectivity index (χ3v) is 2.45. The van der Waals surface area contributed by atoms with Gasteiger partial charge in [0.25, 0.3) is 5.69 Å². The van der Waals surface area contributed by atoms with E-state index in [2.05, 4.69) is 14.6 Å². The molecule has 0 heterocycles. The van der Waals surface area contributed by atoms with E-state index in [0.717, 1.165) is 20.3 Å². The highest BCUT2D eigenvalue weighted by Gasteiger charge is 2.15. The Hall–Kier alpha value is -3.43. The van der Waals surface area contributed by atoms with Crippen LogP contribution in [-0.2, 0) is 23.9 Å². The maximum Gasteiger partial charge on any atom is 0.377 e. The summed E-state index contributed by atoms with van der Waals surface area (Å²) in [5, 5.41) is 14.0. The second kappa shape index (κ2) is 8.12. The molecule has 0 aliphatic heterocycles. The lowest BCUT2D eigenvalue weighted by molar-refractivity contribution is -0.384. The first-order valence-electron chi connectivity index (χ1n) is 6.02. The molecule has 0 aromatic heterocycles. The van der Waals surface area contributed by atoms with Crippen molar-refractivity contribution >= 4 is 23.5 Å². The Kier molecular flexibility index (Phi) is 6.22. The van der Waals surface area contributed by atoms with Crippen LogP contribution in [0.4, 0.5) is 5.69 Å². The normalized spacial score (nSPS) is 11.6. The van der Waals surface area contributed by atoms with E-state index in [1.807, 2.05) is 0 Å². The number of non-ortho nitro benzene ring substituents is 1. The van der Waals surface area contributed by atoms with E-state index in [4.69, 9.17) is 10.6 Å². The first-order chi connectivity index (χ1) is 10.9. The molecule has 1 aromatic carbocycles. The van der Waals surface area contributed by atoms with Crippen LogP contribution < -0.4 is 5.73 Å². The van der Waals surface area contributed by atoms with Crippen molar-refractivity contribution in [3.63, 3.8) is 0 Å². The minimum Gasteiger partial charge on any atom is -0.466 e. The van der Waals surface area contributed by atoms with Gasteiger partial charge in [-0.1, -0.05) is 5.16 Å². The van der Waals surface area contributed by atoms with Crippen molar-refractivity contribution in [2.45, 2.75) is 0 Å². The summed E-state index contributed by atoms with van der Waals surface area (Å²) in [5.41, 5.74) is 5.83. The minimum atomic E-state index is -0.962. The van der Waals surface area contributed by atoms with Gasteiger partial charge in [-0.3, -0.25) is 10.1 Å².